The zero-order chi connectivity index (χ0) is 11.0. The van der Waals surface area contributed by atoms with Crippen LogP contribution < -0.4 is 5.09 Å². The van der Waals surface area contributed by atoms with Crippen LogP contribution >= 0.6 is 8.09 Å². The maximum Gasteiger partial charge on any atom is 0.510 e. The molecular formula is C12H12N2OP+. The predicted octanol–water partition coefficient (Wildman–Crippen LogP) is 4.43. The van der Waals surface area contributed by atoms with Gasteiger partial charge in [0.1, 0.15) is 12.3 Å². The van der Waals surface area contributed by atoms with Crippen molar-refractivity contribution in [3.8, 4) is 0 Å². The molecule has 0 radical (unpaired) electrons. The molecule has 2 aromatic rings. The molecule has 1 atom stereocenters. The molecule has 4 heteroatoms. The van der Waals surface area contributed by atoms with Gasteiger partial charge in [0, 0.05) is 5.39 Å². The molecule has 2 aromatic carbocycles. The second-order valence-electron chi connectivity index (χ2n) is 3.58. The van der Waals surface area contributed by atoms with E-state index in [1.165, 1.54) is 10.8 Å². The quantitative estimate of drug-likeness (QED) is 0.775. The molecule has 1 aliphatic rings. The van der Waals surface area contributed by atoms with Crippen LogP contribution in [0.3, 0.4) is 0 Å². The van der Waals surface area contributed by atoms with Gasteiger partial charge in [-0.05, 0) is 29.2 Å². The van der Waals surface area contributed by atoms with Crippen molar-refractivity contribution in [1.29, 1.82) is 0 Å². The summed E-state index contributed by atoms with van der Waals surface area (Å²) < 4.78 is 10.1. The van der Waals surface area contributed by atoms with Crippen molar-refractivity contribution in [1.82, 2.24) is 0 Å². The van der Waals surface area contributed by atoms with Gasteiger partial charge in [0.05, 0.1) is 5.69 Å². The lowest BCUT2D eigenvalue weighted by Crippen LogP contribution is -1.95. The summed E-state index contributed by atoms with van der Waals surface area (Å²) in [5.41, 5.74) is 2.16. The average molecular weight is 231 g/mol. The maximum atomic E-state index is 5.56. The predicted molar refractivity (Wildman–Crippen MR) is 68.2 cm³/mol. The number of hydrogen-bond acceptors (Lipinski definition) is 3. The molecule has 16 heavy (non-hydrogen) atoms. The first-order chi connectivity index (χ1) is 7.88. The summed E-state index contributed by atoms with van der Waals surface area (Å²) >= 11 is 0. The third-order valence-corrected chi connectivity index (χ3v) is 3.88. The van der Waals surface area contributed by atoms with E-state index >= 15 is 0 Å². The minimum absolute atomic E-state index is 0.681. The number of anilines is 1. The van der Waals surface area contributed by atoms with Crippen LogP contribution in [0.1, 0.15) is 6.92 Å². The van der Waals surface area contributed by atoms with E-state index in [1.807, 2.05) is 19.1 Å². The van der Waals surface area contributed by atoms with Gasteiger partial charge in [0.2, 0.25) is 0 Å². The normalized spacial score (nSPS) is 15.7. The molecule has 0 aromatic heterocycles. The van der Waals surface area contributed by atoms with Gasteiger partial charge in [-0.15, -0.1) is 4.52 Å². The summed E-state index contributed by atoms with van der Waals surface area (Å²) in [6, 6.07) is 12.4. The first kappa shape index (κ1) is 9.76. The highest BCUT2D eigenvalue weighted by Crippen LogP contribution is 2.45. The van der Waals surface area contributed by atoms with Gasteiger partial charge < -0.3 is 0 Å². The molecule has 0 fully saturated rings. The largest absolute Gasteiger partial charge is 0.510 e. The zero-order valence-corrected chi connectivity index (χ0v) is 9.87. The van der Waals surface area contributed by atoms with Gasteiger partial charge in [-0.2, -0.15) is 5.09 Å². The van der Waals surface area contributed by atoms with Crippen LogP contribution in [0.15, 0.2) is 41.1 Å². The molecule has 3 rings (SSSR count). The standard InChI is InChI=1S/C12H12N2OP/c1-2-15-16-13-10-7-3-5-9-6-4-8-11(14-16)12(9)10/h3-8H,2H2,1H3,(H,13,14)/q+1. The van der Waals surface area contributed by atoms with Crippen molar-refractivity contribution in [2.75, 3.05) is 11.7 Å². The van der Waals surface area contributed by atoms with Crippen LogP contribution in [0.5, 0.6) is 0 Å². The molecule has 1 N–H and O–H groups in total. The Bertz CT molecular complexity index is 575. The summed E-state index contributed by atoms with van der Waals surface area (Å²) in [6.07, 6.45) is 0. The van der Waals surface area contributed by atoms with Crippen molar-refractivity contribution in [3.63, 3.8) is 0 Å². The minimum atomic E-state index is -0.909. The van der Waals surface area contributed by atoms with Gasteiger partial charge >= 0.3 is 8.09 Å². The molecule has 1 unspecified atom stereocenters. The summed E-state index contributed by atoms with van der Waals surface area (Å²) in [5, 5.41) is 5.76. The monoisotopic (exact) mass is 231 g/mol. The Morgan fingerprint density at radius 3 is 2.88 bits per heavy atom. The fraction of sp³-hybridized carbons (Fsp3) is 0.167. The van der Waals surface area contributed by atoms with E-state index in [-0.39, 0.29) is 0 Å². The molecule has 3 nitrogen and oxygen atoms in total. The Morgan fingerprint density at radius 1 is 1.25 bits per heavy atom. The number of rotatable bonds is 2. The first-order valence-electron chi connectivity index (χ1n) is 5.31. The highest BCUT2D eigenvalue weighted by atomic mass is 31.1. The molecule has 1 heterocycles. The van der Waals surface area contributed by atoms with Crippen molar-refractivity contribution in [2.45, 2.75) is 6.92 Å². The lowest BCUT2D eigenvalue weighted by molar-refractivity contribution is 0.386. The topological polar surface area (TPSA) is 33.6 Å². The molecule has 0 spiro atoms. The Morgan fingerprint density at radius 2 is 2.06 bits per heavy atom. The van der Waals surface area contributed by atoms with E-state index in [9.17, 15) is 0 Å². The van der Waals surface area contributed by atoms with E-state index in [2.05, 4.69) is 34.1 Å². The maximum absolute atomic E-state index is 5.56. The molecular weight excluding hydrogens is 219 g/mol. The Kier molecular flexibility index (Phi) is 2.35. The van der Waals surface area contributed by atoms with Crippen molar-refractivity contribution in [2.24, 2.45) is 4.74 Å². The number of hydrogen-bond donors (Lipinski definition) is 1. The zero-order valence-electron chi connectivity index (χ0n) is 8.97. The summed E-state index contributed by atoms with van der Waals surface area (Å²) in [4.78, 5) is 0. The first-order valence-corrected chi connectivity index (χ1v) is 6.53. The second-order valence-corrected chi connectivity index (χ2v) is 4.81. The highest BCUT2D eigenvalue weighted by molar-refractivity contribution is 7.44. The fourth-order valence-corrected chi connectivity index (χ4v) is 3.08. The van der Waals surface area contributed by atoms with E-state index in [4.69, 9.17) is 4.52 Å². The summed E-state index contributed by atoms with van der Waals surface area (Å²) in [7, 11) is -0.909. The van der Waals surface area contributed by atoms with E-state index in [1.54, 1.807) is 0 Å². The number of nitrogens with zero attached hydrogens (tertiary/aromatic N) is 1. The van der Waals surface area contributed by atoms with E-state index < -0.39 is 8.09 Å². The minimum Gasteiger partial charge on any atom is -0.166 e. The molecule has 0 aliphatic carbocycles. The van der Waals surface area contributed by atoms with Crippen LogP contribution in [0.25, 0.3) is 10.8 Å². The van der Waals surface area contributed by atoms with Crippen LogP contribution in [-0.4, -0.2) is 6.61 Å². The second kappa shape index (κ2) is 3.85. The van der Waals surface area contributed by atoms with Gasteiger partial charge in [-0.3, -0.25) is 0 Å². The smallest absolute Gasteiger partial charge is 0.166 e. The highest BCUT2D eigenvalue weighted by Gasteiger charge is 2.24. The lowest BCUT2D eigenvalue weighted by Gasteiger charge is -2.09. The van der Waals surface area contributed by atoms with E-state index in [0.717, 1.165) is 11.4 Å². The molecule has 0 saturated carbocycles. The molecule has 0 amide bonds. The van der Waals surface area contributed by atoms with Gasteiger partial charge in [0.15, 0.2) is 0 Å². The van der Waals surface area contributed by atoms with Crippen LogP contribution in [0.4, 0.5) is 11.4 Å². The number of nitrogens with one attached hydrogen (secondary N) is 1. The van der Waals surface area contributed by atoms with Crippen molar-refractivity contribution >= 4 is 30.2 Å². The van der Waals surface area contributed by atoms with Gasteiger partial charge in [0.25, 0.3) is 0 Å². The Labute approximate surface area is 95.0 Å². The third-order valence-electron chi connectivity index (χ3n) is 2.55. The van der Waals surface area contributed by atoms with Crippen LogP contribution in [-0.2, 0) is 4.52 Å². The number of benzene rings is 2. The Balaban J connectivity index is 2.23. The van der Waals surface area contributed by atoms with E-state index in [0.29, 0.717) is 6.61 Å². The summed E-state index contributed by atoms with van der Waals surface area (Å²) in [6.45, 7) is 2.67. The Hall–Kier alpha value is -1.44. The van der Waals surface area contributed by atoms with Crippen LogP contribution in [0, 0.1) is 0 Å². The average Bonchev–Trinajstić information content (AvgIpc) is 2.30. The molecule has 0 bridgehead atoms. The van der Waals surface area contributed by atoms with Crippen molar-refractivity contribution in [3.05, 3.63) is 36.4 Å². The van der Waals surface area contributed by atoms with Gasteiger partial charge in [-0.1, -0.05) is 24.3 Å². The lowest BCUT2D eigenvalue weighted by atomic mass is 10.1. The summed E-state index contributed by atoms with van der Waals surface area (Å²) in [5.74, 6) is 0. The molecule has 0 saturated heterocycles. The van der Waals surface area contributed by atoms with Crippen molar-refractivity contribution < 1.29 is 4.52 Å². The SMILES string of the molecule is CCO[P+]1=Nc2cccc3cccc(c23)N1. The van der Waals surface area contributed by atoms with Gasteiger partial charge in [-0.25, -0.2) is 0 Å². The van der Waals surface area contributed by atoms with Crippen LogP contribution in [0.2, 0.25) is 0 Å². The molecule has 80 valence electrons. The molecule has 1 aliphatic heterocycles. The fourth-order valence-electron chi connectivity index (χ4n) is 1.91. The third kappa shape index (κ3) is 1.49.